The molecule has 1 amide bonds. The molecule has 0 unspecified atom stereocenters. The van der Waals surface area contributed by atoms with E-state index in [0.717, 1.165) is 20.8 Å². The lowest BCUT2D eigenvalue weighted by Crippen LogP contribution is -2.30. The van der Waals surface area contributed by atoms with Gasteiger partial charge in [-0.1, -0.05) is 42.1 Å². The van der Waals surface area contributed by atoms with E-state index < -0.39 is 0 Å². The van der Waals surface area contributed by atoms with E-state index in [4.69, 9.17) is 0 Å². The molecule has 0 aliphatic heterocycles. The molecule has 2 aromatic heterocycles. The van der Waals surface area contributed by atoms with Gasteiger partial charge in [0.15, 0.2) is 0 Å². The van der Waals surface area contributed by atoms with Crippen LogP contribution < -0.4 is 5.32 Å². The van der Waals surface area contributed by atoms with E-state index >= 15 is 0 Å². The third-order valence-corrected chi connectivity index (χ3v) is 6.11. The first-order chi connectivity index (χ1) is 11.6. The van der Waals surface area contributed by atoms with Crippen molar-refractivity contribution in [1.82, 2.24) is 15.3 Å². The highest BCUT2D eigenvalue weighted by Gasteiger charge is 2.19. The van der Waals surface area contributed by atoms with Crippen LogP contribution in [0.15, 0.2) is 41.7 Å². The van der Waals surface area contributed by atoms with Gasteiger partial charge in [-0.2, -0.15) is 0 Å². The van der Waals surface area contributed by atoms with Crippen LogP contribution in [0.25, 0.3) is 10.2 Å². The van der Waals surface area contributed by atoms with Crippen molar-refractivity contribution in [2.45, 2.75) is 37.6 Å². The summed E-state index contributed by atoms with van der Waals surface area (Å²) in [6.45, 7) is 6.63. The molecule has 2 heterocycles. The van der Waals surface area contributed by atoms with Crippen LogP contribution in [0.5, 0.6) is 0 Å². The number of hydrogen-bond acceptors (Lipinski definition) is 5. The Labute approximate surface area is 149 Å². The van der Waals surface area contributed by atoms with E-state index in [1.165, 1.54) is 22.2 Å². The molecule has 0 spiro atoms. The number of carbonyl (C=O) groups excluding carboxylic acids is 1. The summed E-state index contributed by atoms with van der Waals surface area (Å²) in [7, 11) is 0. The number of aromatic nitrogens is 2. The normalized spacial score (nSPS) is 12.3. The number of hydrogen-bond donors (Lipinski definition) is 1. The van der Waals surface area contributed by atoms with Gasteiger partial charge in [0.1, 0.15) is 16.2 Å². The summed E-state index contributed by atoms with van der Waals surface area (Å²) in [5.74, 6) is 0.0141. The highest BCUT2D eigenvalue weighted by atomic mass is 32.2. The van der Waals surface area contributed by atoms with E-state index in [0.29, 0.717) is 6.54 Å². The van der Waals surface area contributed by atoms with Gasteiger partial charge in [0.2, 0.25) is 5.91 Å². The van der Waals surface area contributed by atoms with Crippen LogP contribution in [0.4, 0.5) is 0 Å². The zero-order valence-electron chi connectivity index (χ0n) is 13.9. The van der Waals surface area contributed by atoms with Crippen LogP contribution in [0, 0.1) is 13.8 Å². The minimum absolute atomic E-state index is 0.0141. The Hall–Kier alpha value is -1.92. The van der Waals surface area contributed by atoms with Gasteiger partial charge in [0, 0.05) is 16.8 Å². The lowest BCUT2D eigenvalue weighted by atomic mass is 10.2. The van der Waals surface area contributed by atoms with E-state index in [9.17, 15) is 4.79 Å². The summed E-state index contributed by atoms with van der Waals surface area (Å²) in [5, 5.41) is 4.73. The summed E-state index contributed by atoms with van der Waals surface area (Å²) in [4.78, 5) is 23.3. The smallest absolute Gasteiger partial charge is 0.233 e. The second kappa shape index (κ2) is 7.32. The summed E-state index contributed by atoms with van der Waals surface area (Å²) in [6, 6.07) is 9.92. The molecular weight excluding hydrogens is 338 g/mol. The van der Waals surface area contributed by atoms with Crippen LogP contribution in [0.2, 0.25) is 0 Å². The molecule has 1 atom stereocenters. The van der Waals surface area contributed by atoms with Crippen molar-refractivity contribution in [3.8, 4) is 0 Å². The molecule has 4 nitrogen and oxygen atoms in total. The Balaban J connectivity index is 1.70. The number of fused-ring (bicyclic) bond motifs is 1. The minimum Gasteiger partial charge on any atom is -0.351 e. The molecule has 0 fully saturated rings. The quantitative estimate of drug-likeness (QED) is 0.552. The second-order valence-electron chi connectivity index (χ2n) is 5.61. The Morgan fingerprint density at radius 1 is 1.25 bits per heavy atom. The monoisotopic (exact) mass is 357 g/mol. The fourth-order valence-corrected chi connectivity index (χ4v) is 4.45. The topological polar surface area (TPSA) is 54.9 Å². The second-order valence-corrected chi connectivity index (χ2v) is 8.14. The third-order valence-electron chi connectivity index (χ3n) is 3.90. The number of benzene rings is 1. The number of rotatable bonds is 5. The Bertz CT molecular complexity index is 861. The highest BCUT2D eigenvalue weighted by molar-refractivity contribution is 8.00. The zero-order valence-corrected chi connectivity index (χ0v) is 15.5. The zero-order chi connectivity index (χ0) is 17.1. The van der Waals surface area contributed by atoms with Crippen LogP contribution >= 0.6 is 23.1 Å². The average molecular weight is 358 g/mol. The minimum atomic E-state index is -0.216. The summed E-state index contributed by atoms with van der Waals surface area (Å²) >= 11 is 3.16. The van der Waals surface area contributed by atoms with Crippen molar-refractivity contribution in [3.63, 3.8) is 0 Å². The van der Waals surface area contributed by atoms with Crippen molar-refractivity contribution < 1.29 is 4.79 Å². The maximum absolute atomic E-state index is 12.4. The lowest BCUT2D eigenvalue weighted by Gasteiger charge is -2.12. The van der Waals surface area contributed by atoms with Gasteiger partial charge in [0.25, 0.3) is 0 Å². The number of thioether (sulfide) groups is 1. The van der Waals surface area contributed by atoms with Crippen LogP contribution in [-0.4, -0.2) is 21.1 Å². The van der Waals surface area contributed by atoms with Crippen LogP contribution in [0.1, 0.15) is 22.9 Å². The molecule has 0 aliphatic carbocycles. The number of aryl methyl sites for hydroxylation is 2. The summed E-state index contributed by atoms with van der Waals surface area (Å²) in [6.07, 6.45) is 1.58. The average Bonchev–Trinajstić information content (AvgIpc) is 2.89. The Morgan fingerprint density at radius 3 is 2.75 bits per heavy atom. The number of thiophene rings is 1. The van der Waals surface area contributed by atoms with Crippen molar-refractivity contribution >= 4 is 39.2 Å². The number of nitrogens with zero attached hydrogens (tertiary/aromatic N) is 2. The van der Waals surface area contributed by atoms with E-state index in [-0.39, 0.29) is 11.2 Å². The first kappa shape index (κ1) is 16.9. The van der Waals surface area contributed by atoms with E-state index in [2.05, 4.69) is 29.1 Å². The van der Waals surface area contributed by atoms with E-state index in [1.807, 2.05) is 37.3 Å². The highest BCUT2D eigenvalue weighted by Crippen LogP contribution is 2.35. The molecule has 1 N–H and O–H groups in total. The van der Waals surface area contributed by atoms with Crippen molar-refractivity contribution in [2.24, 2.45) is 0 Å². The Morgan fingerprint density at radius 2 is 2.00 bits per heavy atom. The van der Waals surface area contributed by atoms with E-state index in [1.54, 1.807) is 17.7 Å². The molecule has 0 bridgehead atoms. The first-order valence-electron chi connectivity index (χ1n) is 7.75. The number of nitrogens with one attached hydrogen (secondary N) is 1. The van der Waals surface area contributed by atoms with Gasteiger partial charge in [-0.05, 0) is 31.9 Å². The molecule has 0 saturated heterocycles. The third kappa shape index (κ3) is 3.60. The standard InChI is InChI=1S/C18H19N3OS2/c1-11-12(2)23-17-15(11)18(21-10-20-17)24-13(3)16(22)19-9-14-7-5-4-6-8-14/h4-8,10,13H,9H2,1-3H3,(H,19,22)/t13-/m0/s1. The number of amides is 1. The van der Waals surface area contributed by atoms with Crippen molar-refractivity contribution in [2.75, 3.05) is 0 Å². The molecule has 24 heavy (non-hydrogen) atoms. The molecular formula is C18H19N3OS2. The summed E-state index contributed by atoms with van der Waals surface area (Å²) in [5.41, 5.74) is 2.30. The predicted molar refractivity (Wildman–Crippen MR) is 100 cm³/mol. The summed E-state index contributed by atoms with van der Waals surface area (Å²) < 4.78 is 0. The number of carbonyl (C=O) groups is 1. The molecule has 3 aromatic rings. The molecule has 0 radical (unpaired) electrons. The van der Waals surface area contributed by atoms with Crippen molar-refractivity contribution in [3.05, 3.63) is 52.7 Å². The molecule has 0 aliphatic rings. The molecule has 0 saturated carbocycles. The molecule has 6 heteroatoms. The maximum Gasteiger partial charge on any atom is 0.233 e. The predicted octanol–water partition coefficient (Wildman–Crippen LogP) is 4.11. The molecule has 1 aromatic carbocycles. The fraction of sp³-hybridized carbons (Fsp3) is 0.278. The lowest BCUT2D eigenvalue weighted by molar-refractivity contribution is -0.120. The van der Waals surface area contributed by atoms with Gasteiger partial charge in [-0.25, -0.2) is 9.97 Å². The fourth-order valence-electron chi connectivity index (χ4n) is 2.39. The maximum atomic E-state index is 12.4. The first-order valence-corrected chi connectivity index (χ1v) is 9.45. The van der Waals surface area contributed by atoms with Gasteiger partial charge in [0.05, 0.1) is 5.25 Å². The molecule has 124 valence electrons. The van der Waals surface area contributed by atoms with Gasteiger partial charge >= 0.3 is 0 Å². The van der Waals surface area contributed by atoms with Crippen LogP contribution in [0.3, 0.4) is 0 Å². The van der Waals surface area contributed by atoms with Crippen LogP contribution in [-0.2, 0) is 11.3 Å². The Kier molecular flexibility index (Phi) is 5.16. The SMILES string of the molecule is Cc1sc2ncnc(S[C@@H](C)C(=O)NCc3ccccc3)c2c1C. The van der Waals surface area contributed by atoms with Gasteiger partial charge in [-0.15, -0.1) is 11.3 Å². The largest absolute Gasteiger partial charge is 0.351 e. The van der Waals surface area contributed by atoms with Gasteiger partial charge in [-0.3, -0.25) is 4.79 Å². The van der Waals surface area contributed by atoms with Gasteiger partial charge < -0.3 is 5.32 Å². The molecule has 3 rings (SSSR count). The van der Waals surface area contributed by atoms with Crippen molar-refractivity contribution in [1.29, 1.82) is 0 Å².